The molecule has 0 fully saturated rings. The molecule has 6 nitrogen and oxygen atoms in total. The fourth-order valence-electron chi connectivity index (χ4n) is 2.31. The van der Waals surface area contributed by atoms with Gasteiger partial charge in [0, 0.05) is 12.0 Å². The molecule has 128 valence electrons. The van der Waals surface area contributed by atoms with E-state index in [1.807, 2.05) is 38.1 Å². The van der Waals surface area contributed by atoms with Gasteiger partial charge >= 0.3 is 5.97 Å². The smallest absolute Gasteiger partial charge is 0.307 e. The lowest BCUT2D eigenvalue weighted by Crippen LogP contribution is -2.37. The summed E-state index contributed by atoms with van der Waals surface area (Å²) in [5, 5.41) is 3.19. The Morgan fingerprint density at radius 3 is 2.96 bits per heavy atom. The average molecular weight is 433 g/mol. The first-order valence-electron chi connectivity index (χ1n) is 7.54. The van der Waals surface area contributed by atoms with E-state index >= 15 is 0 Å². The van der Waals surface area contributed by atoms with Gasteiger partial charge < -0.3 is 20.5 Å². The first-order valence-corrected chi connectivity index (χ1v) is 7.54. The van der Waals surface area contributed by atoms with Crippen LogP contribution in [0.4, 0.5) is 0 Å². The Kier molecular flexibility index (Phi) is 8.15. The number of nitrogens with two attached hydrogens (primary N) is 1. The molecule has 0 amide bonds. The molecule has 3 N–H and O–H groups in total. The predicted octanol–water partition coefficient (Wildman–Crippen LogP) is 2.37. The summed E-state index contributed by atoms with van der Waals surface area (Å²) in [7, 11) is 0. The number of rotatable bonds is 5. The molecule has 1 atom stereocenters. The second kappa shape index (κ2) is 9.59. The molecule has 2 rings (SSSR count). The van der Waals surface area contributed by atoms with Crippen molar-refractivity contribution in [1.82, 2.24) is 5.32 Å². The highest BCUT2D eigenvalue weighted by atomic mass is 127. The number of esters is 1. The van der Waals surface area contributed by atoms with E-state index in [1.165, 1.54) is 0 Å². The maximum absolute atomic E-state index is 11.4. The van der Waals surface area contributed by atoms with E-state index in [-0.39, 0.29) is 48.5 Å². The number of hydrogen-bond acceptors (Lipinski definition) is 4. The first kappa shape index (κ1) is 19.5. The van der Waals surface area contributed by atoms with Crippen molar-refractivity contribution >= 4 is 35.9 Å². The third-order valence-electron chi connectivity index (χ3n) is 3.25. The van der Waals surface area contributed by atoms with Crippen molar-refractivity contribution < 1.29 is 14.3 Å². The van der Waals surface area contributed by atoms with E-state index in [9.17, 15) is 4.79 Å². The monoisotopic (exact) mass is 433 g/mol. The van der Waals surface area contributed by atoms with E-state index in [0.717, 1.165) is 17.7 Å². The van der Waals surface area contributed by atoms with Crippen LogP contribution in [0.15, 0.2) is 29.3 Å². The zero-order valence-corrected chi connectivity index (χ0v) is 15.8. The van der Waals surface area contributed by atoms with Gasteiger partial charge in [0.15, 0.2) is 5.96 Å². The summed E-state index contributed by atoms with van der Waals surface area (Å²) in [5.74, 6) is 0.946. The molecule has 1 aromatic rings. The molecular weight excluding hydrogens is 409 g/mol. The van der Waals surface area contributed by atoms with Crippen LogP contribution in [0, 0.1) is 0 Å². The molecule has 23 heavy (non-hydrogen) atoms. The molecule has 0 radical (unpaired) electrons. The summed E-state index contributed by atoms with van der Waals surface area (Å²) in [5.41, 5.74) is 6.97. The van der Waals surface area contributed by atoms with Gasteiger partial charge in [0.05, 0.1) is 31.7 Å². The van der Waals surface area contributed by atoms with Gasteiger partial charge in [-0.3, -0.25) is 9.79 Å². The van der Waals surface area contributed by atoms with Crippen molar-refractivity contribution in [3.05, 3.63) is 29.8 Å². The van der Waals surface area contributed by atoms with Crippen molar-refractivity contribution in [2.45, 2.75) is 38.8 Å². The van der Waals surface area contributed by atoms with Crippen LogP contribution in [0.25, 0.3) is 0 Å². The molecule has 0 bridgehead atoms. The average Bonchev–Trinajstić information content (AvgIpc) is 2.47. The zero-order valence-electron chi connectivity index (χ0n) is 13.5. The van der Waals surface area contributed by atoms with Crippen molar-refractivity contribution in [2.24, 2.45) is 10.7 Å². The Morgan fingerprint density at radius 1 is 1.48 bits per heavy atom. The molecule has 1 aromatic carbocycles. The summed E-state index contributed by atoms with van der Waals surface area (Å²) in [6.45, 7) is 4.59. The second-order valence-electron chi connectivity index (χ2n) is 5.43. The lowest BCUT2D eigenvalue weighted by atomic mass is 10.0. The molecule has 1 aliphatic heterocycles. The van der Waals surface area contributed by atoms with E-state index in [1.54, 1.807) is 0 Å². The molecule has 0 saturated carbocycles. The third-order valence-corrected chi connectivity index (χ3v) is 3.25. The second-order valence-corrected chi connectivity index (χ2v) is 5.43. The summed E-state index contributed by atoms with van der Waals surface area (Å²) in [6.07, 6.45) is 0.943. The Labute approximate surface area is 153 Å². The normalized spacial score (nSPS) is 16.8. The molecule has 1 unspecified atom stereocenters. The van der Waals surface area contributed by atoms with Crippen molar-refractivity contribution in [3.8, 4) is 5.75 Å². The van der Waals surface area contributed by atoms with Crippen molar-refractivity contribution in [3.63, 3.8) is 0 Å². The predicted molar refractivity (Wildman–Crippen MR) is 100 cm³/mol. The SMILES string of the molecule is CC(C)OC(=O)CCN=C(N)NC1CCOc2ccccc21.I. The lowest BCUT2D eigenvalue weighted by Gasteiger charge is -2.26. The van der Waals surface area contributed by atoms with Gasteiger partial charge in [-0.05, 0) is 19.9 Å². The van der Waals surface area contributed by atoms with Crippen molar-refractivity contribution in [1.29, 1.82) is 0 Å². The number of fused-ring (bicyclic) bond motifs is 1. The molecule has 0 aliphatic carbocycles. The van der Waals surface area contributed by atoms with Gasteiger partial charge in [0.1, 0.15) is 5.75 Å². The molecule has 0 spiro atoms. The third kappa shape index (κ3) is 6.25. The number of aliphatic imine (C=N–C) groups is 1. The number of ether oxygens (including phenoxy) is 2. The Balaban J connectivity index is 0.00000264. The summed E-state index contributed by atoms with van der Waals surface area (Å²) < 4.78 is 10.6. The van der Waals surface area contributed by atoms with Crippen LogP contribution in [-0.2, 0) is 9.53 Å². The maximum atomic E-state index is 11.4. The van der Waals surface area contributed by atoms with Gasteiger partial charge in [0.25, 0.3) is 0 Å². The van der Waals surface area contributed by atoms with Crippen LogP contribution >= 0.6 is 24.0 Å². The number of hydrogen-bond donors (Lipinski definition) is 2. The van der Waals surface area contributed by atoms with Crippen LogP contribution in [0.3, 0.4) is 0 Å². The standard InChI is InChI=1S/C16H23N3O3.HI/c1-11(2)22-15(20)7-9-18-16(17)19-13-8-10-21-14-6-4-3-5-12(13)14;/h3-6,11,13H,7-10H2,1-2H3,(H3,17,18,19);1H. The fourth-order valence-corrected chi connectivity index (χ4v) is 2.31. The number of para-hydroxylation sites is 1. The Morgan fingerprint density at radius 2 is 2.22 bits per heavy atom. The fraction of sp³-hybridized carbons (Fsp3) is 0.500. The largest absolute Gasteiger partial charge is 0.493 e. The van der Waals surface area contributed by atoms with Gasteiger partial charge in [-0.15, -0.1) is 24.0 Å². The number of carbonyl (C=O) groups excluding carboxylic acids is 1. The zero-order chi connectivity index (χ0) is 15.9. The molecule has 0 aromatic heterocycles. The highest BCUT2D eigenvalue weighted by Gasteiger charge is 2.21. The molecule has 7 heteroatoms. The molecule has 0 saturated heterocycles. The van der Waals surface area contributed by atoms with Crippen LogP contribution in [0.1, 0.15) is 38.3 Å². The highest BCUT2D eigenvalue weighted by molar-refractivity contribution is 14.0. The number of halogens is 1. The van der Waals surface area contributed by atoms with E-state index < -0.39 is 0 Å². The minimum atomic E-state index is -0.261. The summed E-state index contributed by atoms with van der Waals surface area (Å²) in [4.78, 5) is 15.6. The number of benzene rings is 1. The van der Waals surface area contributed by atoms with Gasteiger partial charge in [-0.25, -0.2) is 0 Å². The minimum Gasteiger partial charge on any atom is -0.493 e. The Bertz CT molecular complexity index is 549. The number of nitrogens with zero attached hydrogens (tertiary/aromatic N) is 1. The summed E-state index contributed by atoms with van der Waals surface area (Å²) >= 11 is 0. The maximum Gasteiger partial charge on any atom is 0.307 e. The number of carbonyl (C=O) groups is 1. The van der Waals surface area contributed by atoms with Crippen molar-refractivity contribution in [2.75, 3.05) is 13.2 Å². The van der Waals surface area contributed by atoms with E-state index in [0.29, 0.717) is 19.1 Å². The molecular formula is C16H24IN3O3. The topological polar surface area (TPSA) is 85.9 Å². The van der Waals surface area contributed by atoms with Crippen LogP contribution < -0.4 is 15.8 Å². The van der Waals surface area contributed by atoms with Gasteiger partial charge in [-0.1, -0.05) is 18.2 Å². The van der Waals surface area contributed by atoms with E-state index in [2.05, 4.69) is 10.3 Å². The van der Waals surface area contributed by atoms with Crippen LogP contribution in [-0.4, -0.2) is 31.2 Å². The Hall–Kier alpha value is -1.51. The molecule has 1 aliphatic rings. The number of nitrogens with one attached hydrogen (secondary N) is 1. The van der Waals surface area contributed by atoms with Crippen LogP contribution in [0.2, 0.25) is 0 Å². The molecule has 1 heterocycles. The van der Waals surface area contributed by atoms with Gasteiger partial charge in [0.2, 0.25) is 0 Å². The first-order chi connectivity index (χ1) is 10.6. The minimum absolute atomic E-state index is 0. The number of guanidine groups is 1. The van der Waals surface area contributed by atoms with Crippen LogP contribution in [0.5, 0.6) is 5.75 Å². The summed E-state index contributed by atoms with van der Waals surface area (Å²) in [6, 6.07) is 7.95. The van der Waals surface area contributed by atoms with Gasteiger partial charge in [-0.2, -0.15) is 0 Å². The quantitative estimate of drug-likeness (QED) is 0.322. The lowest BCUT2D eigenvalue weighted by molar-refractivity contribution is -0.147. The highest BCUT2D eigenvalue weighted by Crippen LogP contribution is 2.31. The van der Waals surface area contributed by atoms with E-state index in [4.69, 9.17) is 15.2 Å².